The number of carbonyl (C=O) groups excluding carboxylic acids is 6. The third kappa shape index (κ3) is 25.9. The van der Waals surface area contributed by atoms with E-state index in [1.807, 2.05) is 0 Å². The first-order valence-electron chi connectivity index (χ1n) is 6.23. The van der Waals surface area contributed by atoms with Crippen LogP contribution in [0.2, 0.25) is 0 Å². The molecule has 0 atom stereocenters. The number of rotatable bonds is 10. The Balaban J connectivity index is -0.0000000505. The molecule has 0 aromatic rings. The van der Waals surface area contributed by atoms with Crippen LogP contribution in [0.15, 0.2) is 0 Å². The van der Waals surface area contributed by atoms with Crippen molar-refractivity contribution in [2.75, 3.05) is 0 Å². The predicted octanol–water partition coefficient (Wildman–Crippen LogP) is -14.1. The van der Waals surface area contributed by atoms with E-state index >= 15 is 0 Å². The van der Waals surface area contributed by atoms with Crippen LogP contribution in [0.5, 0.6) is 0 Å². The van der Waals surface area contributed by atoms with E-state index in [-0.39, 0.29) is 163 Å². The minimum atomic E-state index is -2.97. The summed E-state index contributed by atoms with van der Waals surface area (Å²) in [5, 5.41) is 77.9. The minimum absolute atomic E-state index is 0. The molecule has 0 rings (SSSR count). The van der Waals surface area contributed by atoms with E-state index in [0.29, 0.717) is 0 Å². The van der Waals surface area contributed by atoms with E-state index in [2.05, 4.69) is 0 Å². The molecule has 17 nitrogen and oxygen atoms in total. The smallest absolute Gasteiger partial charge is 0.550 e. The Hall–Kier alpha value is 1.33. The number of aliphatic carboxylic acids is 6. The Bertz CT molecular complexity index is 524. The normalized spacial score (nSPS) is 8.81. The quantitative estimate of drug-likeness (QED) is 0.193. The molecule has 172 valence electrons. The van der Waals surface area contributed by atoms with Crippen LogP contribution >= 0.6 is 0 Å². The molecule has 0 spiro atoms. The van der Waals surface area contributed by atoms with Gasteiger partial charge < -0.3 is 86.0 Å². The summed E-state index contributed by atoms with van der Waals surface area (Å²) in [6.07, 6.45) is -5.43. The van der Waals surface area contributed by atoms with Crippen LogP contribution in [-0.4, -0.2) is 220 Å². The molecule has 0 unspecified atom stereocenters. The van der Waals surface area contributed by atoms with Crippen molar-refractivity contribution in [2.45, 2.75) is 36.9 Å². The Morgan fingerprint density at radius 3 is 0.656 bits per heavy atom. The Labute approximate surface area is 299 Å². The fourth-order valence-electron chi connectivity index (χ4n) is 1.37. The summed E-state index contributed by atoms with van der Waals surface area (Å²) < 4.78 is 0. The topological polar surface area (TPSA) is 376 Å². The van der Waals surface area contributed by atoms with E-state index < -0.39 is 72.7 Å². The van der Waals surface area contributed by atoms with Gasteiger partial charge in [-0.3, -0.25) is 0 Å². The van der Waals surface area contributed by atoms with E-state index in [9.17, 15) is 59.4 Å². The monoisotopic (exact) mass is 846 g/mol. The first-order valence-corrected chi connectivity index (χ1v) is 6.23. The maximum absolute atomic E-state index is 10.1. The van der Waals surface area contributed by atoms with Crippen LogP contribution in [0, 0.1) is 0 Å². The van der Waals surface area contributed by atoms with E-state index in [1.165, 1.54) is 0 Å². The second-order valence-electron chi connectivity index (χ2n) is 4.83. The summed E-state index contributed by atoms with van der Waals surface area (Å²) in [4.78, 5) is 60.0. The average Bonchev–Trinajstić information content (AvgIpc) is 2.34. The fraction of sp³-hybridized carbons (Fsp3) is 0.500. The second kappa shape index (κ2) is 25.4. The zero-order valence-corrected chi connectivity index (χ0v) is 29.6. The molecule has 0 radical (unpaired) electrons. The van der Waals surface area contributed by atoms with Gasteiger partial charge >= 0.3 is 147 Å². The first-order chi connectivity index (χ1) is 11.6. The van der Waals surface area contributed by atoms with Gasteiger partial charge in [-0.1, -0.05) is 0 Å². The third-order valence-electron chi connectivity index (χ3n) is 2.51. The summed E-state index contributed by atoms with van der Waals surface area (Å²) in [6, 6.07) is 0. The molecule has 0 fully saturated rings. The van der Waals surface area contributed by atoms with Gasteiger partial charge in [-0.15, -0.1) is 0 Å². The van der Waals surface area contributed by atoms with Crippen molar-refractivity contribution in [1.29, 1.82) is 0 Å². The molecular weight excluding hydrogens is 828 g/mol. The van der Waals surface area contributed by atoms with Gasteiger partial charge in [0.05, 0.1) is 11.9 Å². The van der Waals surface area contributed by atoms with Crippen LogP contribution in [-0.2, 0) is 28.8 Å². The molecule has 0 aromatic carbocycles. The SMILES string of the molecule is O.O.O.O=C([O-])CC(O)(CC(=O)[O-])C(=O)[O-].O=C([O-])CC(O)(CC(=O)[O-])C(=O)[O-].[Ba+2].[Ba+2].[Ba+2]. The van der Waals surface area contributed by atoms with Crippen LogP contribution in [0.3, 0.4) is 0 Å². The van der Waals surface area contributed by atoms with E-state index in [1.54, 1.807) is 0 Å². The van der Waals surface area contributed by atoms with Gasteiger partial charge in [0.15, 0.2) is 0 Å². The van der Waals surface area contributed by atoms with Gasteiger partial charge in [0, 0.05) is 49.6 Å². The number of hydrogen-bond donors (Lipinski definition) is 2. The summed E-state index contributed by atoms with van der Waals surface area (Å²) in [6.45, 7) is 0. The summed E-state index contributed by atoms with van der Waals surface area (Å²) in [5.41, 5.74) is -5.95. The van der Waals surface area contributed by atoms with Gasteiger partial charge in [0.1, 0.15) is 11.2 Å². The zero-order valence-electron chi connectivity index (χ0n) is 16.2. The average molecular weight is 844 g/mol. The van der Waals surface area contributed by atoms with Gasteiger partial charge in [-0.25, -0.2) is 0 Å². The van der Waals surface area contributed by atoms with Crippen molar-refractivity contribution in [2.24, 2.45) is 0 Å². The van der Waals surface area contributed by atoms with Crippen molar-refractivity contribution in [3.63, 3.8) is 0 Å². The Kier molecular flexibility index (Phi) is 43.1. The molecular formula is C12H16Ba3O17. The Morgan fingerprint density at radius 1 is 0.469 bits per heavy atom. The van der Waals surface area contributed by atoms with Crippen molar-refractivity contribution in [3.8, 4) is 0 Å². The standard InChI is InChI=1S/2C6H8O7.3Ba.3H2O/c2*7-3(8)1-6(13,5(11)12)2-4(9)10;;;;;;/h2*13H,1-2H2,(H,7,8)(H,9,10)(H,11,12);;;;3*1H2/q;;3*+2;;;/p-6. The van der Waals surface area contributed by atoms with Crippen LogP contribution in [0.1, 0.15) is 25.7 Å². The van der Waals surface area contributed by atoms with Gasteiger partial charge in [-0.2, -0.15) is 0 Å². The van der Waals surface area contributed by atoms with E-state index in [0.717, 1.165) is 0 Å². The van der Waals surface area contributed by atoms with Gasteiger partial charge in [0.2, 0.25) is 0 Å². The number of carboxylic acid groups (broad SMARTS) is 6. The Morgan fingerprint density at radius 2 is 0.594 bits per heavy atom. The largest absolute Gasteiger partial charge is 2.00 e. The molecule has 0 aromatic heterocycles. The summed E-state index contributed by atoms with van der Waals surface area (Å²) in [5.74, 6) is -12.0. The van der Waals surface area contributed by atoms with Crippen LogP contribution in [0.25, 0.3) is 0 Å². The molecule has 0 bridgehead atoms. The maximum Gasteiger partial charge on any atom is 2.00 e. The van der Waals surface area contributed by atoms with Crippen molar-refractivity contribution in [3.05, 3.63) is 0 Å². The predicted molar refractivity (Wildman–Crippen MR) is 86.5 cm³/mol. The molecule has 0 heterocycles. The third-order valence-corrected chi connectivity index (χ3v) is 2.51. The first kappa shape index (κ1) is 54.3. The molecule has 0 aliphatic rings. The molecule has 0 saturated carbocycles. The molecule has 20 heteroatoms. The molecule has 0 aliphatic heterocycles. The molecule has 0 amide bonds. The number of carboxylic acids is 6. The molecule has 0 aliphatic carbocycles. The van der Waals surface area contributed by atoms with Gasteiger partial charge in [0.25, 0.3) is 0 Å². The molecule has 0 saturated heterocycles. The van der Waals surface area contributed by atoms with Crippen molar-refractivity contribution >= 4 is 182 Å². The molecule has 8 N–H and O–H groups in total. The second-order valence-corrected chi connectivity index (χ2v) is 4.83. The van der Waals surface area contributed by atoms with E-state index in [4.69, 9.17) is 10.2 Å². The van der Waals surface area contributed by atoms with Crippen LogP contribution in [0.4, 0.5) is 0 Å². The van der Waals surface area contributed by atoms with Crippen LogP contribution < -0.4 is 30.6 Å². The van der Waals surface area contributed by atoms with Crippen molar-refractivity contribution < 1.29 is 86.0 Å². The zero-order chi connectivity index (χ0) is 21.3. The minimum Gasteiger partial charge on any atom is -0.550 e. The molecule has 32 heavy (non-hydrogen) atoms. The summed E-state index contributed by atoms with van der Waals surface area (Å²) in [7, 11) is 0. The van der Waals surface area contributed by atoms with Gasteiger partial charge in [-0.05, 0) is 0 Å². The summed E-state index contributed by atoms with van der Waals surface area (Å²) >= 11 is 0. The fourth-order valence-corrected chi connectivity index (χ4v) is 1.37. The van der Waals surface area contributed by atoms with Crippen molar-refractivity contribution in [1.82, 2.24) is 0 Å². The number of hydrogen-bond acceptors (Lipinski definition) is 14. The maximum atomic E-state index is 10.1. The number of aliphatic hydroxyl groups is 2. The number of carbonyl (C=O) groups is 6.